The van der Waals surface area contributed by atoms with Gasteiger partial charge in [-0.2, -0.15) is 19.9 Å². The number of benzene rings is 12. The van der Waals surface area contributed by atoms with Crippen LogP contribution < -0.4 is 0 Å². The molecule has 682 valence electrons. The van der Waals surface area contributed by atoms with Crippen molar-refractivity contribution in [3.63, 3.8) is 0 Å². The number of fused-ring (bicyclic) bond motifs is 1. The van der Waals surface area contributed by atoms with Crippen LogP contribution in [0.4, 0.5) is 8.78 Å². The highest BCUT2D eigenvalue weighted by Crippen LogP contribution is 2.49. The number of nitrogens with zero attached hydrogens (tertiary/aromatic N) is 10. The van der Waals surface area contributed by atoms with Crippen molar-refractivity contribution in [2.75, 3.05) is 27.2 Å². The van der Waals surface area contributed by atoms with Gasteiger partial charge in [-0.15, -0.1) is 0 Å². The molecule has 0 amide bonds. The molecule has 0 radical (unpaired) electrons. The fourth-order valence-electron chi connectivity index (χ4n) is 14.4. The van der Waals surface area contributed by atoms with Gasteiger partial charge in [0.15, 0.2) is 0 Å². The van der Waals surface area contributed by atoms with Crippen molar-refractivity contribution >= 4 is 39.7 Å². The Bertz CT molecular complexity index is 6750. The van der Waals surface area contributed by atoms with Gasteiger partial charge in [-0.1, -0.05) is 332 Å². The molecule has 0 bridgehead atoms. The van der Waals surface area contributed by atoms with E-state index in [2.05, 4.69) is 185 Å². The summed E-state index contributed by atoms with van der Waals surface area (Å²) in [5.41, 5.74) is 14.7. The number of aromatic nitrogens is 8. The van der Waals surface area contributed by atoms with Gasteiger partial charge in [0.2, 0.25) is 23.3 Å². The lowest BCUT2D eigenvalue weighted by Gasteiger charge is -2.27. The highest BCUT2D eigenvalue weighted by Gasteiger charge is 2.33. The molecular formula is C109H114Cl2F2N10O9. The highest BCUT2D eigenvalue weighted by molar-refractivity contribution is 6.39. The lowest BCUT2D eigenvalue weighted by Crippen LogP contribution is -2.17. The van der Waals surface area contributed by atoms with Crippen molar-refractivity contribution in [3.8, 4) is 142 Å². The van der Waals surface area contributed by atoms with Gasteiger partial charge >= 0.3 is 0 Å². The molecule has 132 heavy (non-hydrogen) atoms. The number of aromatic hydroxyl groups is 5. The molecule has 19 nitrogen and oxygen atoms in total. The number of para-hydroxylation sites is 1. The molecule has 0 atom stereocenters. The molecule has 0 aliphatic heterocycles. The zero-order chi connectivity index (χ0) is 95.9. The van der Waals surface area contributed by atoms with Crippen molar-refractivity contribution in [2.45, 2.75) is 171 Å². The van der Waals surface area contributed by atoms with Gasteiger partial charge in [0.25, 0.3) is 23.6 Å². The summed E-state index contributed by atoms with van der Waals surface area (Å²) < 4.78 is 49.9. The molecule has 5 N–H and O–H groups in total. The first-order valence-corrected chi connectivity index (χ1v) is 44.3. The Kier molecular flexibility index (Phi) is 29.6. The number of hydrogen-bond acceptors (Lipinski definition) is 19. The lowest BCUT2D eigenvalue weighted by atomic mass is 9.79. The first-order chi connectivity index (χ1) is 62.2. The zero-order valence-electron chi connectivity index (χ0n) is 78.8. The molecule has 4 heterocycles. The number of hydrogen-bond donors (Lipinski definition) is 5. The molecule has 16 aromatic rings. The third-order valence-corrected chi connectivity index (χ3v) is 22.9. The van der Waals surface area contributed by atoms with Crippen LogP contribution in [0.1, 0.15) is 176 Å². The molecule has 12 aromatic carbocycles. The topological polar surface area (TPSA) is 272 Å². The van der Waals surface area contributed by atoms with E-state index in [1.807, 2.05) is 206 Å². The first-order valence-electron chi connectivity index (χ1n) is 43.5. The van der Waals surface area contributed by atoms with Crippen LogP contribution in [0.3, 0.4) is 0 Å². The summed E-state index contributed by atoms with van der Waals surface area (Å²) in [6.45, 7) is 43.3. The van der Waals surface area contributed by atoms with Gasteiger partial charge in [0.1, 0.15) is 45.9 Å². The average molecular weight is 1820 g/mol. The van der Waals surface area contributed by atoms with Gasteiger partial charge in [-0.25, -0.2) is 8.78 Å². The average Bonchev–Trinajstić information content (AvgIpc) is 1.62. The maximum Gasteiger partial charge on any atom is 0.264 e. The third kappa shape index (κ3) is 23.1. The SMILES string of the molecule is CC(=NCCN(C)C)c1ccccc1O.CC(C)(C)c1cc(-c2ccccc2)c(O)c(-c2nc(-c3c(Cl)cccc3Cl)no2)c1.CC(C)(C)c1cc(-c2nc(-c3ccccc3)no2)c(O)c(-c2cccc3ccccc23)c1.CC(C)(C)c1cc(-c2noc(-c3c(F)cccc3F)n2)c(O)c(C(C)(C)C)c1.Cc1ccccc1-c1noc(-c2cc(C(C)(C)C)cc(C(C)(C)C)c2O)n1. The summed E-state index contributed by atoms with van der Waals surface area (Å²) in [4.78, 5) is 24.3. The number of rotatable bonds is 14. The monoisotopic (exact) mass is 1810 g/mol. The molecular weight excluding hydrogens is 1700 g/mol. The minimum Gasteiger partial charge on any atom is -0.507 e. The largest absolute Gasteiger partial charge is 0.507 e. The second kappa shape index (κ2) is 40.1. The molecule has 0 aliphatic carbocycles. The minimum atomic E-state index is -0.793. The summed E-state index contributed by atoms with van der Waals surface area (Å²) >= 11 is 12.6. The van der Waals surface area contributed by atoms with E-state index < -0.39 is 11.6 Å². The van der Waals surface area contributed by atoms with E-state index in [1.165, 1.54) is 6.07 Å². The number of likely N-dealkylation sites (N-methyl/N-ethyl adjacent to an activating group) is 1. The Morgan fingerprint density at radius 1 is 0.356 bits per heavy atom. The summed E-state index contributed by atoms with van der Waals surface area (Å²) in [5, 5.41) is 73.2. The molecule has 0 fully saturated rings. The van der Waals surface area contributed by atoms with E-state index in [9.17, 15) is 34.3 Å². The standard InChI is InChI=1S/C28H24N2O2.C24H20Cl2N2O2.C23H28N2O2.C22H24F2N2O2.C12H18N2O/c1-28(2,3)20-16-23(22-15-9-13-18-10-7-8-14-21(18)22)25(31)24(17-20)27-29-26(30-32-27)19-11-5-4-6-12-19;1-24(2,3)15-12-16(14-8-5-4-6-9-14)21(29)17(13-15)23-27-22(28-30-23)20-18(25)10-7-11-19(20)26;1-14-10-8-9-11-16(14)20-24-21(27-25-20)17-12-15(22(2,3)4)13-18(19(17)26)23(5,6)7;1-21(2,3)12-10-13(18(27)14(11-12)22(4,5)6)19-25-20(28-26-19)17-15(23)8-7-9-16(17)24;1-10(13-8-9-14(2)3)11-6-4-5-7-12(11)15/h4-17,31H,1-3H3;4-13,29H,1-3H3;8-13,26H,1-7H3;7-11,27H,1-6H3;4-7,15H,8-9H2,1-3H3. The smallest absolute Gasteiger partial charge is 0.264 e. The number of phenols is 5. The number of aliphatic imine (C=N–C) groups is 1. The number of phenolic OH excluding ortho intramolecular Hbond substituents is 5. The van der Waals surface area contributed by atoms with Crippen LogP contribution in [0.25, 0.3) is 124 Å². The molecule has 0 aliphatic rings. The van der Waals surface area contributed by atoms with E-state index >= 15 is 0 Å². The number of aryl methyl sites for hydroxylation is 1. The molecule has 23 heteroatoms. The summed E-state index contributed by atoms with van der Waals surface area (Å²) in [6.07, 6.45) is 0. The zero-order valence-corrected chi connectivity index (χ0v) is 80.3. The van der Waals surface area contributed by atoms with Crippen LogP contribution in [0.2, 0.25) is 10.0 Å². The molecule has 16 rings (SSSR count). The molecule has 0 unspecified atom stereocenters. The van der Waals surface area contributed by atoms with E-state index in [4.69, 9.17) is 41.3 Å². The predicted octanol–water partition coefficient (Wildman–Crippen LogP) is 28.4. The van der Waals surface area contributed by atoms with Crippen LogP contribution in [0.5, 0.6) is 28.7 Å². The normalized spacial score (nSPS) is 12.0. The van der Waals surface area contributed by atoms with Crippen LogP contribution in [-0.4, -0.2) is 104 Å². The maximum atomic E-state index is 14.1. The second-order valence-electron chi connectivity index (χ2n) is 38.9. The van der Waals surface area contributed by atoms with Crippen molar-refractivity contribution in [1.82, 2.24) is 45.5 Å². The molecule has 0 saturated heterocycles. The Balaban J connectivity index is 0.000000151. The van der Waals surface area contributed by atoms with E-state index in [0.29, 0.717) is 72.6 Å². The van der Waals surface area contributed by atoms with Crippen LogP contribution in [0.15, 0.2) is 260 Å². The first kappa shape index (κ1) is 97.6. The number of halogens is 4. The Morgan fingerprint density at radius 2 is 0.735 bits per heavy atom. The third-order valence-electron chi connectivity index (χ3n) is 22.3. The van der Waals surface area contributed by atoms with Crippen LogP contribution in [-0.2, 0) is 32.5 Å². The van der Waals surface area contributed by atoms with E-state index in [0.717, 1.165) is 114 Å². The summed E-state index contributed by atoms with van der Waals surface area (Å²) in [6, 6.07) is 73.3. The van der Waals surface area contributed by atoms with E-state index in [1.54, 1.807) is 30.3 Å². The quantitative estimate of drug-likeness (QED) is 0.0633. The molecule has 0 saturated carbocycles. The van der Waals surface area contributed by atoms with Crippen molar-refractivity contribution in [3.05, 3.63) is 303 Å². The Morgan fingerprint density at radius 3 is 1.27 bits per heavy atom. The van der Waals surface area contributed by atoms with Gasteiger partial charge in [-0.3, -0.25) is 4.99 Å². The van der Waals surface area contributed by atoms with Crippen molar-refractivity contribution in [1.29, 1.82) is 0 Å². The lowest BCUT2D eigenvalue weighted by molar-refractivity contribution is 0.419. The van der Waals surface area contributed by atoms with Gasteiger partial charge in [0, 0.05) is 51.2 Å². The van der Waals surface area contributed by atoms with Gasteiger partial charge in [0.05, 0.1) is 44.4 Å². The highest BCUT2D eigenvalue weighted by atomic mass is 35.5. The van der Waals surface area contributed by atoms with E-state index in [-0.39, 0.29) is 84.5 Å². The second-order valence-corrected chi connectivity index (χ2v) is 39.7. The summed E-state index contributed by atoms with van der Waals surface area (Å²) in [5.74, 6) is 1.08. The van der Waals surface area contributed by atoms with Gasteiger partial charge in [-0.05, 0) is 183 Å². The predicted molar refractivity (Wildman–Crippen MR) is 526 cm³/mol. The Labute approximate surface area is 781 Å². The minimum absolute atomic E-state index is 0.0295. The fraction of sp³-hybridized carbons (Fsp3) is 0.275. The van der Waals surface area contributed by atoms with Crippen LogP contribution in [0, 0.1) is 18.6 Å². The van der Waals surface area contributed by atoms with Crippen molar-refractivity contribution in [2.24, 2.45) is 4.99 Å². The summed E-state index contributed by atoms with van der Waals surface area (Å²) in [7, 11) is 4.04. The molecule has 4 aromatic heterocycles. The maximum absolute atomic E-state index is 14.1. The van der Waals surface area contributed by atoms with Crippen LogP contribution >= 0.6 is 23.2 Å². The Hall–Kier alpha value is -13.5. The molecule has 0 spiro atoms. The van der Waals surface area contributed by atoms with Crippen molar-refractivity contribution < 1.29 is 52.4 Å². The van der Waals surface area contributed by atoms with Gasteiger partial charge < -0.3 is 48.5 Å². The fourth-order valence-corrected chi connectivity index (χ4v) is 15.0.